The number of nitrogens with zero attached hydrogens (tertiary/aromatic N) is 1. The Morgan fingerprint density at radius 3 is 2.45 bits per heavy atom. The lowest BCUT2D eigenvalue weighted by molar-refractivity contribution is 0.499. The minimum atomic E-state index is 0.375. The molecule has 1 aromatic heterocycles. The van der Waals surface area contributed by atoms with Crippen molar-refractivity contribution in [1.82, 2.24) is 10.3 Å². The van der Waals surface area contributed by atoms with E-state index in [4.69, 9.17) is 11.6 Å². The van der Waals surface area contributed by atoms with Crippen molar-refractivity contribution in [1.29, 1.82) is 0 Å². The molecule has 0 fully saturated rings. The van der Waals surface area contributed by atoms with Crippen LogP contribution in [0.5, 0.6) is 0 Å². The molecule has 0 saturated heterocycles. The highest BCUT2D eigenvalue weighted by Gasteiger charge is 2.10. The molecule has 2 rings (SSSR count). The van der Waals surface area contributed by atoms with Crippen LogP contribution in [0.2, 0.25) is 5.02 Å². The molecule has 0 spiro atoms. The number of nitrogens with one attached hydrogen (secondary N) is 1. The molecule has 3 heteroatoms. The van der Waals surface area contributed by atoms with Crippen molar-refractivity contribution >= 4 is 11.6 Å². The third-order valence-corrected chi connectivity index (χ3v) is 3.64. The molecule has 1 aromatic carbocycles. The lowest BCUT2D eigenvalue weighted by Gasteiger charge is -2.19. The summed E-state index contributed by atoms with van der Waals surface area (Å²) in [6.45, 7) is 3.22. The predicted octanol–water partition coefficient (Wildman–Crippen LogP) is 4.41. The van der Waals surface area contributed by atoms with Gasteiger partial charge in [-0.2, -0.15) is 0 Å². The highest BCUT2D eigenvalue weighted by molar-refractivity contribution is 6.30. The molecule has 0 bridgehead atoms. The Bertz CT molecular complexity index is 496. The summed E-state index contributed by atoms with van der Waals surface area (Å²) in [7, 11) is 0. The maximum atomic E-state index is 5.97. The number of aromatic nitrogens is 1. The summed E-state index contributed by atoms with van der Waals surface area (Å²) in [4.78, 5) is 4.06. The largest absolute Gasteiger partial charge is 0.310 e. The highest BCUT2D eigenvalue weighted by atomic mass is 35.5. The van der Waals surface area contributed by atoms with Crippen LogP contribution in [0.3, 0.4) is 0 Å². The Balaban J connectivity index is 2.01. The van der Waals surface area contributed by atoms with Gasteiger partial charge in [0.15, 0.2) is 0 Å². The van der Waals surface area contributed by atoms with Gasteiger partial charge >= 0.3 is 0 Å². The smallest absolute Gasteiger partial charge is 0.0406 e. The van der Waals surface area contributed by atoms with E-state index in [2.05, 4.69) is 41.5 Å². The summed E-state index contributed by atoms with van der Waals surface area (Å²) in [6.07, 6.45) is 6.97. The number of rotatable bonds is 7. The van der Waals surface area contributed by atoms with Crippen LogP contribution in [0, 0.1) is 0 Å². The van der Waals surface area contributed by atoms with Gasteiger partial charge in [0.1, 0.15) is 0 Å². The van der Waals surface area contributed by atoms with Crippen molar-refractivity contribution in [2.45, 2.75) is 32.2 Å². The zero-order chi connectivity index (χ0) is 14.2. The Morgan fingerprint density at radius 2 is 1.80 bits per heavy atom. The average molecular weight is 289 g/mol. The van der Waals surface area contributed by atoms with Crippen LogP contribution in [-0.4, -0.2) is 11.5 Å². The van der Waals surface area contributed by atoms with Gasteiger partial charge in [0.05, 0.1) is 0 Å². The van der Waals surface area contributed by atoms with E-state index in [1.165, 1.54) is 11.1 Å². The molecule has 0 amide bonds. The Hall–Kier alpha value is -1.38. The first-order valence-corrected chi connectivity index (χ1v) is 7.55. The van der Waals surface area contributed by atoms with Gasteiger partial charge in [-0.15, -0.1) is 0 Å². The van der Waals surface area contributed by atoms with Gasteiger partial charge in [-0.25, -0.2) is 0 Å². The van der Waals surface area contributed by atoms with Crippen LogP contribution in [0.1, 0.15) is 36.9 Å². The molecule has 1 unspecified atom stereocenters. The number of benzene rings is 1. The first kappa shape index (κ1) is 15.0. The lowest BCUT2D eigenvalue weighted by Crippen LogP contribution is -2.22. The molecule has 1 atom stereocenters. The monoisotopic (exact) mass is 288 g/mol. The van der Waals surface area contributed by atoms with Crippen molar-refractivity contribution in [3.63, 3.8) is 0 Å². The number of aryl methyl sites for hydroxylation is 1. The summed E-state index contributed by atoms with van der Waals surface area (Å²) in [5, 5.41) is 4.41. The molecule has 0 saturated carbocycles. The molecule has 0 aliphatic carbocycles. The fraction of sp³-hybridized carbons (Fsp3) is 0.353. The van der Waals surface area contributed by atoms with Crippen LogP contribution in [-0.2, 0) is 6.42 Å². The number of halogens is 1. The quantitative estimate of drug-likeness (QED) is 0.816. The third kappa shape index (κ3) is 4.62. The second kappa shape index (κ2) is 8.03. The summed E-state index contributed by atoms with van der Waals surface area (Å²) < 4.78 is 0. The van der Waals surface area contributed by atoms with Crippen LogP contribution < -0.4 is 5.32 Å². The molecule has 1 N–H and O–H groups in total. The zero-order valence-corrected chi connectivity index (χ0v) is 12.6. The third-order valence-electron chi connectivity index (χ3n) is 3.38. The molecule has 106 valence electrons. The van der Waals surface area contributed by atoms with E-state index in [0.29, 0.717) is 6.04 Å². The number of hydrogen-bond acceptors (Lipinski definition) is 2. The van der Waals surface area contributed by atoms with Crippen molar-refractivity contribution < 1.29 is 0 Å². The van der Waals surface area contributed by atoms with E-state index >= 15 is 0 Å². The van der Waals surface area contributed by atoms with Gasteiger partial charge in [-0.1, -0.05) is 30.7 Å². The molecule has 20 heavy (non-hydrogen) atoms. The van der Waals surface area contributed by atoms with Crippen molar-refractivity contribution in [3.05, 3.63) is 64.9 Å². The fourth-order valence-corrected chi connectivity index (χ4v) is 2.39. The van der Waals surface area contributed by atoms with Gasteiger partial charge in [0.25, 0.3) is 0 Å². The fourth-order valence-electron chi connectivity index (χ4n) is 2.26. The number of pyridine rings is 1. The summed E-state index contributed by atoms with van der Waals surface area (Å²) >= 11 is 5.97. The lowest BCUT2D eigenvalue weighted by atomic mass is 9.99. The molecule has 0 radical (unpaired) electrons. The van der Waals surface area contributed by atoms with Crippen LogP contribution >= 0.6 is 11.6 Å². The van der Waals surface area contributed by atoms with Gasteiger partial charge in [-0.05, 0) is 61.2 Å². The SMILES string of the molecule is CCCNC(CCc1ccncc1)c1ccc(Cl)cc1. The van der Waals surface area contributed by atoms with Crippen LogP contribution in [0.15, 0.2) is 48.8 Å². The molecule has 2 nitrogen and oxygen atoms in total. The standard InChI is InChI=1S/C17H21ClN2/c1-2-11-20-17(15-4-6-16(18)7-5-15)8-3-14-9-12-19-13-10-14/h4-7,9-10,12-13,17,20H,2-3,8,11H2,1H3. The van der Waals surface area contributed by atoms with E-state index in [-0.39, 0.29) is 0 Å². The molecular weight excluding hydrogens is 268 g/mol. The Kier molecular flexibility index (Phi) is 6.03. The van der Waals surface area contributed by atoms with E-state index in [9.17, 15) is 0 Å². The van der Waals surface area contributed by atoms with Gasteiger partial charge in [0.2, 0.25) is 0 Å². The Morgan fingerprint density at radius 1 is 1.10 bits per heavy atom. The average Bonchev–Trinajstić information content (AvgIpc) is 2.50. The molecular formula is C17H21ClN2. The highest BCUT2D eigenvalue weighted by Crippen LogP contribution is 2.21. The maximum Gasteiger partial charge on any atom is 0.0406 e. The van der Waals surface area contributed by atoms with Crippen molar-refractivity contribution in [3.8, 4) is 0 Å². The normalized spacial score (nSPS) is 12.3. The first-order chi connectivity index (χ1) is 9.79. The van der Waals surface area contributed by atoms with Crippen LogP contribution in [0.4, 0.5) is 0 Å². The first-order valence-electron chi connectivity index (χ1n) is 7.17. The zero-order valence-electron chi connectivity index (χ0n) is 11.8. The molecule has 1 heterocycles. The van der Waals surface area contributed by atoms with E-state index in [1.807, 2.05) is 24.5 Å². The van der Waals surface area contributed by atoms with Crippen LogP contribution in [0.25, 0.3) is 0 Å². The predicted molar refractivity (Wildman–Crippen MR) is 85.0 cm³/mol. The second-order valence-electron chi connectivity index (χ2n) is 4.95. The van der Waals surface area contributed by atoms with Crippen molar-refractivity contribution in [2.24, 2.45) is 0 Å². The van der Waals surface area contributed by atoms with Crippen molar-refractivity contribution in [2.75, 3.05) is 6.54 Å². The molecule has 0 aliphatic heterocycles. The summed E-state index contributed by atoms with van der Waals surface area (Å²) in [5.41, 5.74) is 2.63. The minimum Gasteiger partial charge on any atom is -0.310 e. The van der Waals surface area contributed by atoms with E-state index in [1.54, 1.807) is 0 Å². The maximum absolute atomic E-state index is 5.97. The minimum absolute atomic E-state index is 0.375. The Labute approximate surface area is 126 Å². The van der Waals surface area contributed by atoms with Gasteiger partial charge in [0, 0.05) is 23.5 Å². The van der Waals surface area contributed by atoms with E-state index < -0.39 is 0 Å². The summed E-state index contributed by atoms with van der Waals surface area (Å²) in [5.74, 6) is 0. The van der Waals surface area contributed by atoms with E-state index in [0.717, 1.165) is 30.8 Å². The number of hydrogen-bond donors (Lipinski definition) is 1. The molecule has 0 aliphatic rings. The second-order valence-corrected chi connectivity index (χ2v) is 5.39. The topological polar surface area (TPSA) is 24.9 Å². The van der Waals surface area contributed by atoms with Gasteiger partial charge in [-0.3, -0.25) is 4.98 Å². The summed E-state index contributed by atoms with van der Waals surface area (Å²) in [6, 6.07) is 12.7. The van der Waals surface area contributed by atoms with Gasteiger partial charge < -0.3 is 5.32 Å². The molecule has 2 aromatic rings.